The van der Waals surface area contributed by atoms with Crippen LogP contribution in [0.1, 0.15) is 18.4 Å². The molecule has 0 aliphatic carbocycles. The summed E-state index contributed by atoms with van der Waals surface area (Å²) in [6.45, 7) is 0.840. The standard InChI is InChI=1S/C22H19N3O8S2/c26-20(23-11-3-4-12-23)14-24-21(27)19(34-22(24)28)13-15-5-1-2-6-18(15)33-35(31,32)17-9-7-16(8-10-17)25(29)30/h1-2,5-10,13H,3-4,11-12,14H2/b19-13-. The van der Waals surface area contributed by atoms with Gasteiger partial charge in [-0.05, 0) is 48.9 Å². The highest BCUT2D eigenvalue weighted by Gasteiger charge is 2.37. The second-order valence-electron chi connectivity index (χ2n) is 7.68. The van der Waals surface area contributed by atoms with Crippen molar-refractivity contribution >= 4 is 50.7 Å². The van der Waals surface area contributed by atoms with Gasteiger partial charge in [-0.1, -0.05) is 18.2 Å². The Balaban J connectivity index is 1.54. The smallest absolute Gasteiger partial charge is 0.339 e. The van der Waals surface area contributed by atoms with Crippen LogP contribution in [0.2, 0.25) is 0 Å². The molecule has 182 valence electrons. The van der Waals surface area contributed by atoms with Crippen molar-refractivity contribution in [2.75, 3.05) is 19.6 Å². The fourth-order valence-electron chi connectivity index (χ4n) is 3.56. The molecule has 11 nitrogen and oxygen atoms in total. The lowest BCUT2D eigenvalue weighted by molar-refractivity contribution is -0.384. The quantitative estimate of drug-likeness (QED) is 0.234. The lowest BCUT2D eigenvalue weighted by Crippen LogP contribution is -2.40. The monoisotopic (exact) mass is 517 g/mol. The first-order valence-electron chi connectivity index (χ1n) is 10.5. The summed E-state index contributed by atoms with van der Waals surface area (Å²) < 4.78 is 30.6. The van der Waals surface area contributed by atoms with E-state index in [4.69, 9.17) is 4.18 Å². The lowest BCUT2D eigenvalue weighted by Gasteiger charge is -2.18. The lowest BCUT2D eigenvalue weighted by atomic mass is 10.2. The zero-order chi connectivity index (χ0) is 25.2. The minimum Gasteiger partial charge on any atom is -0.378 e. The van der Waals surface area contributed by atoms with Crippen molar-refractivity contribution < 1.29 is 31.9 Å². The summed E-state index contributed by atoms with van der Waals surface area (Å²) >= 11 is 0.647. The van der Waals surface area contributed by atoms with Crippen LogP contribution in [0.25, 0.3) is 6.08 Å². The van der Waals surface area contributed by atoms with Crippen molar-refractivity contribution in [2.24, 2.45) is 0 Å². The van der Waals surface area contributed by atoms with E-state index in [0.717, 1.165) is 42.0 Å². The Kier molecular flexibility index (Phi) is 6.89. The third-order valence-electron chi connectivity index (χ3n) is 5.37. The summed E-state index contributed by atoms with van der Waals surface area (Å²) in [6.07, 6.45) is 3.09. The molecule has 0 N–H and O–H groups in total. The number of para-hydroxylation sites is 1. The molecule has 4 rings (SSSR count). The summed E-state index contributed by atoms with van der Waals surface area (Å²) in [7, 11) is -4.34. The Labute approximate surface area is 204 Å². The van der Waals surface area contributed by atoms with Crippen molar-refractivity contribution in [3.63, 3.8) is 0 Å². The maximum atomic E-state index is 12.8. The van der Waals surface area contributed by atoms with Crippen LogP contribution in [-0.2, 0) is 19.7 Å². The van der Waals surface area contributed by atoms with E-state index in [1.807, 2.05) is 0 Å². The number of carbonyl (C=O) groups is 3. The van der Waals surface area contributed by atoms with Crippen molar-refractivity contribution in [3.05, 3.63) is 69.1 Å². The molecule has 2 aliphatic rings. The number of thioether (sulfide) groups is 1. The first-order chi connectivity index (χ1) is 16.7. The molecule has 35 heavy (non-hydrogen) atoms. The van der Waals surface area contributed by atoms with Crippen molar-refractivity contribution in [1.82, 2.24) is 9.80 Å². The van der Waals surface area contributed by atoms with E-state index in [1.165, 1.54) is 24.3 Å². The van der Waals surface area contributed by atoms with Gasteiger partial charge in [0.25, 0.3) is 16.8 Å². The molecule has 2 heterocycles. The van der Waals surface area contributed by atoms with E-state index in [1.54, 1.807) is 11.0 Å². The number of imide groups is 1. The summed E-state index contributed by atoms with van der Waals surface area (Å²) in [5.41, 5.74) is -0.0577. The number of amides is 3. The summed E-state index contributed by atoms with van der Waals surface area (Å²) in [5.74, 6) is -1.06. The number of benzene rings is 2. The van der Waals surface area contributed by atoms with E-state index in [0.29, 0.717) is 24.9 Å². The Morgan fingerprint density at radius 2 is 1.74 bits per heavy atom. The van der Waals surface area contributed by atoms with Gasteiger partial charge >= 0.3 is 10.1 Å². The molecular formula is C22H19N3O8S2. The molecule has 0 saturated carbocycles. The van der Waals surface area contributed by atoms with Gasteiger partial charge in [-0.25, -0.2) is 0 Å². The first kappa shape index (κ1) is 24.4. The SMILES string of the molecule is O=C(CN1C(=O)S/C(=C\c2ccccc2OS(=O)(=O)c2ccc([N+](=O)[O-])cc2)C1=O)N1CCCC1. The number of nitro benzene ring substituents is 1. The number of carbonyl (C=O) groups excluding carboxylic acids is 3. The van der Waals surface area contributed by atoms with Crippen LogP contribution in [0.15, 0.2) is 58.3 Å². The second-order valence-corrected chi connectivity index (χ2v) is 10.2. The van der Waals surface area contributed by atoms with Crippen LogP contribution >= 0.6 is 11.8 Å². The molecule has 2 saturated heterocycles. The molecule has 13 heteroatoms. The van der Waals surface area contributed by atoms with E-state index in [9.17, 15) is 32.9 Å². The largest absolute Gasteiger partial charge is 0.378 e. The van der Waals surface area contributed by atoms with Gasteiger partial charge in [-0.3, -0.25) is 29.4 Å². The molecule has 0 radical (unpaired) electrons. The van der Waals surface area contributed by atoms with Crippen LogP contribution < -0.4 is 4.18 Å². The Morgan fingerprint density at radius 1 is 1.09 bits per heavy atom. The minimum absolute atomic E-state index is 0.0213. The zero-order valence-electron chi connectivity index (χ0n) is 18.2. The fraction of sp³-hybridized carbons (Fsp3) is 0.227. The maximum absolute atomic E-state index is 12.8. The predicted molar refractivity (Wildman–Crippen MR) is 126 cm³/mol. The van der Waals surface area contributed by atoms with E-state index < -0.39 is 26.2 Å². The third-order valence-corrected chi connectivity index (χ3v) is 7.52. The average molecular weight is 518 g/mol. The van der Waals surface area contributed by atoms with Gasteiger partial charge in [0.1, 0.15) is 17.2 Å². The van der Waals surface area contributed by atoms with Crippen molar-refractivity contribution in [1.29, 1.82) is 0 Å². The highest BCUT2D eigenvalue weighted by Crippen LogP contribution is 2.34. The number of hydrogen-bond acceptors (Lipinski definition) is 9. The van der Waals surface area contributed by atoms with Gasteiger partial charge in [-0.2, -0.15) is 8.42 Å². The van der Waals surface area contributed by atoms with Crippen LogP contribution in [0, 0.1) is 10.1 Å². The molecule has 0 atom stereocenters. The van der Waals surface area contributed by atoms with E-state index in [-0.39, 0.29) is 39.3 Å². The number of nitrogens with zero attached hydrogens (tertiary/aromatic N) is 3. The molecular weight excluding hydrogens is 498 g/mol. The summed E-state index contributed by atoms with van der Waals surface area (Å²) in [6, 6.07) is 10.2. The molecule has 0 aromatic heterocycles. The topological polar surface area (TPSA) is 144 Å². The van der Waals surface area contributed by atoms with Gasteiger partial charge in [0, 0.05) is 30.8 Å². The number of non-ortho nitro benzene ring substituents is 1. The number of rotatable bonds is 7. The second kappa shape index (κ2) is 9.88. The van der Waals surface area contributed by atoms with Crippen LogP contribution in [0.3, 0.4) is 0 Å². The van der Waals surface area contributed by atoms with Gasteiger partial charge in [0.2, 0.25) is 5.91 Å². The van der Waals surface area contributed by atoms with Crippen molar-refractivity contribution in [2.45, 2.75) is 17.7 Å². The first-order valence-corrected chi connectivity index (χ1v) is 12.7. The molecule has 2 fully saturated rings. The molecule has 2 aliphatic heterocycles. The number of nitro groups is 1. The Hall–Kier alpha value is -3.71. The van der Waals surface area contributed by atoms with Crippen molar-refractivity contribution in [3.8, 4) is 5.75 Å². The van der Waals surface area contributed by atoms with Gasteiger partial charge in [0.15, 0.2) is 0 Å². The fourth-order valence-corrected chi connectivity index (χ4v) is 5.34. The number of hydrogen-bond donors (Lipinski definition) is 0. The zero-order valence-corrected chi connectivity index (χ0v) is 19.8. The Morgan fingerprint density at radius 3 is 2.40 bits per heavy atom. The molecule has 2 aromatic carbocycles. The van der Waals surface area contributed by atoms with Crippen LogP contribution in [-0.4, -0.2) is 59.8 Å². The molecule has 2 aromatic rings. The van der Waals surface area contributed by atoms with Gasteiger partial charge in [-0.15, -0.1) is 0 Å². The van der Waals surface area contributed by atoms with Gasteiger partial charge < -0.3 is 9.08 Å². The predicted octanol–water partition coefficient (Wildman–Crippen LogP) is 3.02. The Bertz CT molecular complexity index is 1330. The van der Waals surface area contributed by atoms with E-state index >= 15 is 0 Å². The third kappa shape index (κ3) is 5.35. The molecule has 0 unspecified atom stereocenters. The van der Waals surface area contributed by atoms with Gasteiger partial charge in [0.05, 0.1) is 9.83 Å². The molecule has 3 amide bonds. The van der Waals surface area contributed by atoms with Crippen LogP contribution in [0.5, 0.6) is 5.75 Å². The highest BCUT2D eigenvalue weighted by molar-refractivity contribution is 8.18. The highest BCUT2D eigenvalue weighted by atomic mass is 32.2. The van der Waals surface area contributed by atoms with Crippen LogP contribution in [0.4, 0.5) is 10.5 Å². The minimum atomic E-state index is -4.34. The summed E-state index contributed by atoms with van der Waals surface area (Å²) in [5, 5.41) is 10.2. The number of likely N-dealkylation sites (tertiary alicyclic amines) is 1. The molecule has 0 bridgehead atoms. The summed E-state index contributed by atoms with van der Waals surface area (Å²) in [4.78, 5) is 49.9. The normalized spacial score (nSPS) is 17.3. The van der Waals surface area contributed by atoms with E-state index in [2.05, 4.69) is 0 Å². The molecule has 0 spiro atoms. The maximum Gasteiger partial charge on any atom is 0.339 e. The average Bonchev–Trinajstić information content (AvgIpc) is 3.45.